The summed E-state index contributed by atoms with van der Waals surface area (Å²) in [5.41, 5.74) is 5.14. The fraction of sp³-hybridized carbons (Fsp3) is 0.407. The van der Waals surface area contributed by atoms with Crippen molar-refractivity contribution in [2.24, 2.45) is 0 Å². The molecule has 190 valence electrons. The molecule has 1 fully saturated rings. The number of anilines is 1. The topological polar surface area (TPSA) is 109 Å². The molecule has 3 heterocycles. The van der Waals surface area contributed by atoms with Gasteiger partial charge in [0.25, 0.3) is 5.91 Å². The fourth-order valence-corrected chi connectivity index (χ4v) is 4.63. The van der Waals surface area contributed by atoms with Crippen LogP contribution < -0.4 is 15.4 Å². The zero-order chi connectivity index (χ0) is 24.9. The van der Waals surface area contributed by atoms with Gasteiger partial charge in [0.15, 0.2) is 12.2 Å². The average Bonchev–Trinajstić information content (AvgIpc) is 3.38. The van der Waals surface area contributed by atoms with E-state index in [9.17, 15) is 9.90 Å². The summed E-state index contributed by atoms with van der Waals surface area (Å²) in [6.45, 7) is 6.07. The Bertz CT molecular complexity index is 1180. The summed E-state index contributed by atoms with van der Waals surface area (Å²) in [5.74, 6) is 1.34. The van der Waals surface area contributed by atoms with Gasteiger partial charge in [-0.2, -0.15) is 0 Å². The minimum Gasteiger partial charge on any atom is -0.485 e. The van der Waals surface area contributed by atoms with Crippen LogP contribution in [0, 0.1) is 6.92 Å². The van der Waals surface area contributed by atoms with Crippen molar-refractivity contribution in [3.8, 4) is 5.75 Å². The highest BCUT2D eigenvalue weighted by Gasteiger charge is 2.22. The second-order valence-corrected chi connectivity index (χ2v) is 9.39. The van der Waals surface area contributed by atoms with Gasteiger partial charge in [-0.15, -0.1) is 0 Å². The van der Waals surface area contributed by atoms with Crippen LogP contribution in [0.2, 0.25) is 0 Å². The molecule has 0 radical (unpaired) electrons. The van der Waals surface area contributed by atoms with E-state index in [1.807, 2.05) is 24.3 Å². The minimum absolute atomic E-state index is 0.194. The number of amides is 1. The number of nitrogens with one attached hydrogen (secondary N) is 2. The van der Waals surface area contributed by atoms with Crippen molar-refractivity contribution in [2.75, 3.05) is 38.2 Å². The molecule has 3 N–H and O–H groups in total. The van der Waals surface area contributed by atoms with Crippen molar-refractivity contribution in [2.45, 2.75) is 38.6 Å². The number of hydrogen-bond donors (Lipinski definition) is 3. The summed E-state index contributed by atoms with van der Waals surface area (Å²) in [6, 6.07) is 11.8. The lowest BCUT2D eigenvalue weighted by Crippen LogP contribution is -2.42. The predicted octanol–water partition coefficient (Wildman–Crippen LogP) is 2.52. The maximum absolute atomic E-state index is 12.6. The van der Waals surface area contributed by atoms with Crippen LogP contribution in [-0.4, -0.2) is 65.9 Å². The smallest absolute Gasteiger partial charge is 0.251 e. The second-order valence-electron chi connectivity index (χ2n) is 9.39. The van der Waals surface area contributed by atoms with E-state index in [1.54, 1.807) is 12.3 Å². The lowest BCUT2D eigenvalue weighted by Gasteiger charge is -2.31. The molecule has 1 saturated heterocycles. The number of aromatic nitrogens is 1. The molecule has 5 rings (SSSR count). The first-order valence-corrected chi connectivity index (χ1v) is 12.3. The molecule has 3 aromatic rings. The summed E-state index contributed by atoms with van der Waals surface area (Å²) in [6.07, 6.45) is 3.27. The Morgan fingerprint density at radius 1 is 1.31 bits per heavy atom. The van der Waals surface area contributed by atoms with E-state index in [0.717, 1.165) is 36.5 Å². The minimum atomic E-state index is -0.658. The maximum Gasteiger partial charge on any atom is 0.251 e. The lowest BCUT2D eigenvalue weighted by molar-refractivity contribution is 0.0211. The Balaban J connectivity index is 1.10. The van der Waals surface area contributed by atoms with E-state index in [2.05, 4.69) is 33.5 Å². The predicted molar refractivity (Wildman–Crippen MR) is 134 cm³/mol. The number of β-amino-alcohol motifs (C(OH)–C–C–N with tert-alkyl or cyclic N) is 1. The van der Waals surface area contributed by atoms with Crippen LogP contribution in [0.3, 0.4) is 0 Å². The first-order chi connectivity index (χ1) is 17.5. The van der Waals surface area contributed by atoms with Crippen molar-refractivity contribution < 1.29 is 23.8 Å². The molecular weight excluding hydrogens is 460 g/mol. The fourth-order valence-electron chi connectivity index (χ4n) is 4.63. The highest BCUT2D eigenvalue weighted by Crippen LogP contribution is 2.30. The van der Waals surface area contributed by atoms with Gasteiger partial charge in [0.1, 0.15) is 12.4 Å². The van der Waals surface area contributed by atoms with Crippen LogP contribution in [0.5, 0.6) is 5.75 Å². The third kappa shape index (κ3) is 5.87. The van der Waals surface area contributed by atoms with Crippen molar-refractivity contribution >= 4 is 11.6 Å². The van der Waals surface area contributed by atoms with E-state index >= 15 is 0 Å². The number of aliphatic hydroxyl groups is 1. The standard InChI is InChI=1S/C27H32N4O5/c1-18-25-7-8-31(12-20(25)5-6-26(18)35-16-24-11-28-17-36-24)13-23(32)10-29-27(33)19-3-2-4-21(9-19)30-22-14-34-15-22/h2-6,9,11,17,22-23,30,32H,7-8,10,12-16H2,1H3,(H,29,33). The lowest BCUT2D eigenvalue weighted by atomic mass is 9.94. The molecule has 36 heavy (non-hydrogen) atoms. The zero-order valence-electron chi connectivity index (χ0n) is 20.4. The summed E-state index contributed by atoms with van der Waals surface area (Å²) in [5, 5.41) is 16.8. The van der Waals surface area contributed by atoms with Gasteiger partial charge in [-0.05, 0) is 54.3 Å². The van der Waals surface area contributed by atoms with Crippen LogP contribution in [0.15, 0.2) is 53.4 Å². The van der Waals surface area contributed by atoms with Gasteiger partial charge in [0.2, 0.25) is 0 Å². The third-order valence-electron chi connectivity index (χ3n) is 6.67. The van der Waals surface area contributed by atoms with Crippen molar-refractivity contribution in [3.05, 3.63) is 77.0 Å². The van der Waals surface area contributed by atoms with Gasteiger partial charge in [0, 0.05) is 37.4 Å². The van der Waals surface area contributed by atoms with Crippen LogP contribution in [0.4, 0.5) is 5.69 Å². The second kappa shape index (κ2) is 11.1. The van der Waals surface area contributed by atoms with E-state index < -0.39 is 6.10 Å². The first-order valence-electron chi connectivity index (χ1n) is 12.3. The number of hydrogen-bond acceptors (Lipinski definition) is 8. The number of ether oxygens (including phenoxy) is 2. The first kappa shape index (κ1) is 24.3. The van der Waals surface area contributed by atoms with E-state index in [4.69, 9.17) is 13.9 Å². The van der Waals surface area contributed by atoms with Crippen molar-refractivity contribution in [1.82, 2.24) is 15.2 Å². The molecule has 1 aromatic heterocycles. The number of carbonyl (C=O) groups is 1. The summed E-state index contributed by atoms with van der Waals surface area (Å²) >= 11 is 0. The molecule has 2 aliphatic rings. The van der Waals surface area contributed by atoms with Crippen LogP contribution in [-0.2, 0) is 24.3 Å². The van der Waals surface area contributed by atoms with Gasteiger partial charge in [0.05, 0.1) is 31.6 Å². The average molecular weight is 493 g/mol. The van der Waals surface area contributed by atoms with Gasteiger partial charge in [-0.3, -0.25) is 9.69 Å². The molecule has 1 amide bonds. The van der Waals surface area contributed by atoms with Gasteiger partial charge >= 0.3 is 0 Å². The molecule has 1 atom stereocenters. The van der Waals surface area contributed by atoms with E-state index in [-0.39, 0.29) is 12.5 Å². The number of carbonyl (C=O) groups excluding carboxylic acids is 1. The molecule has 0 spiro atoms. The van der Waals surface area contributed by atoms with Gasteiger partial charge in [-0.1, -0.05) is 12.1 Å². The maximum atomic E-state index is 12.6. The molecule has 2 aromatic carbocycles. The number of nitrogens with zero attached hydrogens (tertiary/aromatic N) is 2. The SMILES string of the molecule is Cc1c(OCc2cnco2)ccc2c1CCN(CC(O)CNC(=O)c1cccc(NC3COC3)c1)C2. The van der Waals surface area contributed by atoms with Crippen LogP contribution in [0.25, 0.3) is 0 Å². The third-order valence-corrected chi connectivity index (χ3v) is 6.67. The van der Waals surface area contributed by atoms with Crippen molar-refractivity contribution in [1.29, 1.82) is 0 Å². The number of benzene rings is 2. The zero-order valence-corrected chi connectivity index (χ0v) is 20.4. The Morgan fingerprint density at radius 3 is 2.97 bits per heavy atom. The molecular formula is C27H32N4O5. The largest absolute Gasteiger partial charge is 0.485 e. The molecule has 0 bridgehead atoms. The Morgan fingerprint density at radius 2 is 2.19 bits per heavy atom. The Kier molecular flexibility index (Phi) is 7.50. The van der Waals surface area contributed by atoms with E-state index in [0.29, 0.717) is 43.7 Å². The number of oxazole rings is 1. The Hall–Kier alpha value is -3.40. The molecule has 2 aliphatic heterocycles. The molecule has 1 unspecified atom stereocenters. The quantitative estimate of drug-likeness (QED) is 0.396. The van der Waals surface area contributed by atoms with Crippen molar-refractivity contribution in [3.63, 3.8) is 0 Å². The van der Waals surface area contributed by atoms with E-state index in [1.165, 1.54) is 17.5 Å². The molecule has 9 nitrogen and oxygen atoms in total. The Labute approximate surface area is 210 Å². The molecule has 0 aliphatic carbocycles. The number of aliphatic hydroxyl groups excluding tert-OH is 1. The normalized spacial score (nSPS) is 16.6. The van der Waals surface area contributed by atoms with Gasteiger partial charge < -0.3 is 29.6 Å². The summed E-state index contributed by atoms with van der Waals surface area (Å²) in [7, 11) is 0. The summed E-state index contributed by atoms with van der Waals surface area (Å²) in [4.78, 5) is 18.7. The highest BCUT2D eigenvalue weighted by atomic mass is 16.5. The van der Waals surface area contributed by atoms with Crippen LogP contribution >= 0.6 is 0 Å². The number of fused-ring (bicyclic) bond motifs is 1. The molecule has 0 saturated carbocycles. The monoisotopic (exact) mass is 492 g/mol. The number of rotatable bonds is 10. The highest BCUT2D eigenvalue weighted by molar-refractivity contribution is 5.95. The molecule has 9 heteroatoms. The van der Waals surface area contributed by atoms with Crippen LogP contribution in [0.1, 0.15) is 32.8 Å². The summed E-state index contributed by atoms with van der Waals surface area (Å²) < 4.78 is 16.4. The van der Waals surface area contributed by atoms with Gasteiger partial charge in [-0.25, -0.2) is 4.98 Å².